The zero-order valence-electron chi connectivity index (χ0n) is 13.6. The number of para-hydroxylation sites is 1. The molecule has 2 saturated heterocycles. The van der Waals surface area contributed by atoms with Crippen LogP contribution in [0.15, 0.2) is 24.3 Å². The summed E-state index contributed by atoms with van der Waals surface area (Å²) in [5.41, 5.74) is 0.295. The van der Waals surface area contributed by atoms with E-state index in [0.717, 1.165) is 0 Å². The number of carbonyl (C=O) groups is 3. The van der Waals surface area contributed by atoms with E-state index in [9.17, 15) is 18.8 Å². The van der Waals surface area contributed by atoms with Crippen molar-refractivity contribution in [3.05, 3.63) is 30.1 Å². The van der Waals surface area contributed by atoms with Crippen LogP contribution in [0.5, 0.6) is 0 Å². The Kier molecular flexibility index (Phi) is 4.62. The number of hydrogen-bond acceptors (Lipinski definition) is 4. The van der Waals surface area contributed by atoms with Crippen molar-refractivity contribution in [2.24, 2.45) is 0 Å². The number of nitrogens with zero attached hydrogens (tertiary/aromatic N) is 3. The lowest BCUT2D eigenvalue weighted by atomic mass is 10.2. The summed E-state index contributed by atoms with van der Waals surface area (Å²) >= 11 is 0. The number of likely N-dealkylation sites (tertiary alicyclic amines) is 1. The van der Waals surface area contributed by atoms with Gasteiger partial charge in [-0.2, -0.15) is 0 Å². The largest absolute Gasteiger partial charge is 0.308 e. The minimum Gasteiger partial charge on any atom is -0.308 e. The Morgan fingerprint density at radius 2 is 1.83 bits per heavy atom. The van der Waals surface area contributed by atoms with Crippen molar-refractivity contribution < 1.29 is 18.8 Å². The van der Waals surface area contributed by atoms with Gasteiger partial charge in [-0.05, 0) is 25.6 Å². The Hall–Kier alpha value is -2.28. The van der Waals surface area contributed by atoms with Crippen LogP contribution in [-0.2, 0) is 14.4 Å². The molecule has 3 rings (SSSR count). The first-order valence-electron chi connectivity index (χ1n) is 8.08. The molecule has 2 fully saturated rings. The van der Waals surface area contributed by atoms with Gasteiger partial charge in [-0.3, -0.25) is 24.2 Å². The van der Waals surface area contributed by atoms with Crippen molar-refractivity contribution in [2.45, 2.75) is 25.3 Å². The van der Waals surface area contributed by atoms with Gasteiger partial charge in [0.05, 0.1) is 11.7 Å². The van der Waals surface area contributed by atoms with Crippen LogP contribution in [0.2, 0.25) is 0 Å². The Bertz CT molecular complexity index is 663. The van der Waals surface area contributed by atoms with E-state index in [4.69, 9.17) is 0 Å². The Balaban J connectivity index is 1.61. The molecule has 128 valence electrons. The Labute approximate surface area is 139 Å². The summed E-state index contributed by atoms with van der Waals surface area (Å²) in [5.74, 6) is -0.873. The minimum absolute atomic E-state index is 0.151. The summed E-state index contributed by atoms with van der Waals surface area (Å²) in [6.45, 7) is 1.17. The molecule has 1 aromatic carbocycles. The van der Waals surface area contributed by atoms with E-state index in [1.165, 1.54) is 15.9 Å². The molecule has 2 heterocycles. The van der Waals surface area contributed by atoms with E-state index in [0.29, 0.717) is 25.2 Å². The van der Waals surface area contributed by atoms with Gasteiger partial charge in [0.15, 0.2) is 0 Å². The molecular formula is C17H20FN3O3. The highest BCUT2D eigenvalue weighted by Crippen LogP contribution is 2.26. The lowest BCUT2D eigenvalue weighted by Gasteiger charge is -2.25. The molecule has 0 aromatic heterocycles. The minimum atomic E-state index is -0.414. The van der Waals surface area contributed by atoms with Gasteiger partial charge < -0.3 is 4.90 Å². The summed E-state index contributed by atoms with van der Waals surface area (Å²) in [6.07, 6.45) is 1.13. The SMILES string of the molecule is CN(CCN1C(=O)CCC1=O)C1CCN(c2ccccc2F)C1=O. The number of anilines is 1. The van der Waals surface area contributed by atoms with E-state index < -0.39 is 5.82 Å². The van der Waals surface area contributed by atoms with Gasteiger partial charge in [0.1, 0.15) is 5.82 Å². The van der Waals surface area contributed by atoms with Crippen LogP contribution in [0, 0.1) is 5.82 Å². The van der Waals surface area contributed by atoms with Crippen molar-refractivity contribution in [1.82, 2.24) is 9.80 Å². The zero-order valence-corrected chi connectivity index (χ0v) is 13.6. The van der Waals surface area contributed by atoms with Gasteiger partial charge in [-0.15, -0.1) is 0 Å². The lowest BCUT2D eigenvalue weighted by molar-refractivity contribution is -0.138. The predicted molar refractivity (Wildman–Crippen MR) is 85.7 cm³/mol. The smallest absolute Gasteiger partial charge is 0.244 e. The fraction of sp³-hybridized carbons (Fsp3) is 0.471. The van der Waals surface area contributed by atoms with Crippen LogP contribution >= 0.6 is 0 Å². The molecule has 1 unspecified atom stereocenters. The van der Waals surface area contributed by atoms with Crippen molar-refractivity contribution in [3.8, 4) is 0 Å². The highest BCUT2D eigenvalue weighted by atomic mass is 19.1. The predicted octanol–water partition coefficient (Wildman–Crippen LogP) is 1.01. The highest BCUT2D eigenvalue weighted by molar-refractivity contribution is 6.02. The summed E-state index contributed by atoms with van der Waals surface area (Å²) in [7, 11) is 1.79. The van der Waals surface area contributed by atoms with Gasteiger partial charge in [-0.25, -0.2) is 4.39 Å². The molecule has 0 spiro atoms. The van der Waals surface area contributed by atoms with Crippen LogP contribution in [0.25, 0.3) is 0 Å². The van der Waals surface area contributed by atoms with E-state index in [2.05, 4.69) is 0 Å². The molecule has 6 nitrogen and oxygen atoms in total. The van der Waals surface area contributed by atoms with E-state index in [-0.39, 0.29) is 43.1 Å². The van der Waals surface area contributed by atoms with Crippen molar-refractivity contribution >= 4 is 23.4 Å². The number of hydrogen-bond donors (Lipinski definition) is 0. The molecular weight excluding hydrogens is 313 g/mol. The van der Waals surface area contributed by atoms with E-state index >= 15 is 0 Å². The molecule has 7 heteroatoms. The van der Waals surface area contributed by atoms with Crippen molar-refractivity contribution in [2.75, 3.05) is 31.6 Å². The summed E-state index contributed by atoms with van der Waals surface area (Å²) in [6, 6.07) is 5.86. The van der Waals surface area contributed by atoms with Gasteiger partial charge in [0, 0.05) is 32.5 Å². The number of imide groups is 1. The second-order valence-electron chi connectivity index (χ2n) is 6.17. The maximum atomic E-state index is 13.9. The third-order valence-electron chi connectivity index (χ3n) is 4.68. The maximum Gasteiger partial charge on any atom is 0.244 e. The van der Waals surface area contributed by atoms with Crippen molar-refractivity contribution in [3.63, 3.8) is 0 Å². The first kappa shape index (κ1) is 16.6. The molecule has 1 aromatic rings. The quantitative estimate of drug-likeness (QED) is 0.755. The standard InChI is InChI=1S/C17H20FN3O3/c1-19(10-11-21-15(22)6-7-16(21)23)14-8-9-20(17(14)24)13-5-3-2-4-12(13)18/h2-5,14H,6-11H2,1H3. The second-order valence-corrected chi connectivity index (χ2v) is 6.17. The Morgan fingerprint density at radius 1 is 1.17 bits per heavy atom. The fourth-order valence-corrected chi connectivity index (χ4v) is 3.27. The number of benzene rings is 1. The molecule has 0 radical (unpaired) electrons. The molecule has 1 atom stereocenters. The maximum absolute atomic E-state index is 13.9. The summed E-state index contributed by atoms with van der Waals surface area (Å²) in [4.78, 5) is 40.4. The fourth-order valence-electron chi connectivity index (χ4n) is 3.27. The van der Waals surface area contributed by atoms with Crippen LogP contribution in [0.4, 0.5) is 10.1 Å². The number of likely N-dealkylation sites (N-methyl/N-ethyl adjacent to an activating group) is 1. The molecule has 2 aliphatic rings. The van der Waals surface area contributed by atoms with E-state index in [1.54, 1.807) is 25.2 Å². The van der Waals surface area contributed by atoms with Crippen LogP contribution < -0.4 is 4.90 Å². The van der Waals surface area contributed by atoms with Gasteiger partial charge in [-0.1, -0.05) is 12.1 Å². The van der Waals surface area contributed by atoms with Crippen LogP contribution in [-0.4, -0.2) is 60.2 Å². The molecule has 0 N–H and O–H groups in total. The first-order chi connectivity index (χ1) is 11.5. The monoisotopic (exact) mass is 333 g/mol. The lowest BCUT2D eigenvalue weighted by Crippen LogP contribution is -2.44. The van der Waals surface area contributed by atoms with Crippen LogP contribution in [0.3, 0.4) is 0 Å². The third-order valence-corrected chi connectivity index (χ3v) is 4.68. The average molecular weight is 333 g/mol. The normalized spacial score (nSPS) is 21.5. The molecule has 0 aliphatic carbocycles. The molecule has 0 saturated carbocycles. The van der Waals surface area contributed by atoms with Gasteiger partial charge >= 0.3 is 0 Å². The summed E-state index contributed by atoms with van der Waals surface area (Å²) in [5, 5.41) is 0. The topological polar surface area (TPSA) is 60.9 Å². The zero-order chi connectivity index (χ0) is 17.3. The average Bonchev–Trinajstić information content (AvgIpc) is 3.09. The number of rotatable bonds is 5. The molecule has 3 amide bonds. The van der Waals surface area contributed by atoms with Crippen LogP contribution in [0.1, 0.15) is 19.3 Å². The number of carbonyl (C=O) groups excluding carboxylic acids is 3. The highest BCUT2D eigenvalue weighted by Gasteiger charge is 2.37. The molecule has 24 heavy (non-hydrogen) atoms. The molecule has 2 aliphatic heterocycles. The van der Waals surface area contributed by atoms with Crippen molar-refractivity contribution in [1.29, 1.82) is 0 Å². The summed E-state index contributed by atoms with van der Waals surface area (Å²) < 4.78 is 13.9. The number of halogens is 1. The second kappa shape index (κ2) is 6.68. The number of amides is 3. The van der Waals surface area contributed by atoms with Gasteiger partial charge in [0.25, 0.3) is 0 Å². The van der Waals surface area contributed by atoms with E-state index in [1.807, 2.05) is 4.90 Å². The third kappa shape index (κ3) is 3.03. The molecule has 0 bridgehead atoms. The Morgan fingerprint density at radius 3 is 2.50 bits per heavy atom. The van der Waals surface area contributed by atoms with Gasteiger partial charge in [0.2, 0.25) is 17.7 Å². The first-order valence-corrected chi connectivity index (χ1v) is 8.08.